The number of carbonyl (C=O) groups is 1. The van der Waals surface area contributed by atoms with Crippen molar-refractivity contribution in [1.82, 2.24) is 5.32 Å². The molecule has 1 unspecified atom stereocenters. The van der Waals surface area contributed by atoms with Gasteiger partial charge in [0, 0.05) is 6.54 Å². The van der Waals surface area contributed by atoms with E-state index in [0.29, 0.717) is 5.56 Å². The summed E-state index contributed by atoms with van der Waals surface area (Å²) in [5, 5.41) is 12.2. The fraction of sp³-hybridized carbons (Fsp3) is 0.533. The number of benzene rings is 1. The van der Waals surface area contributed by atoms with Crippen LogP contribution in [-0.4, -0.2) is 36.4 Å². The molecule has 1 aromatic carbocycles. The zero-order valence-electron chi connectivity index (χ0n) is 12.5. The van der Waals surface area contributed by atoms with E-state index in [2.05, 4.69) is 10.1 Å². The minimum absolute atomic E-state index is 0.00797. The van der Waals surface area contributed by atoms with Crippen molar-refractivity contribution in [2.24, 2.45) is 5.92 Å². The van der Waals surface area contributed by atoms with Gasteiger partial charge in [0.1, 0.15) is 5.75 Å². The molecule has 2 N–H and O–H groups in total. The Labute approximate surface area is 127 Å². The number of amides is 1. The molecule has 0 heterocycles. The van der Waals surface area contributed by atoms with Crippen LogP contribution in [0.5, 0.6) is 5.75 Å². The number of nitrogens with one attached hydrogen (secondary N) is 1. The molecule has 1 atom stereocenters. The lowest BCUT2D eigenvalue weighted by molar-refractivity contribution is -0.153. The number of hydrogen-bond acceptors (Lipinski definition) is 3. The van der Waals surface area contributed by atoms with Crippen LogP contribution in [0.15, 0.2) is 24.3 Å². The minimum Gasteiger partial charge on any atom is -0.484 e. The maximum atomic E-state index is 12.1. The van der Waals surface area contributed by atoms with Crippen LogP contribution >= 0.6 is 0 Å². The number of halogens is 3. The molecule has 0 aliphatic carbocycles. The van der Waals surface area contributed by atoms with E-state index < -0.39 is 18.9 Å². The van der Waals surface area contributed by atoms with Crippen molar-refractivity contribution in [2.45, 2.75) is 32.5 Å². The molecule has 22 heavy (non-hydrogen) atoms. The van der Waals surface area contributed by atoms with Gasteiger partial charge in [0.2, 0.25) is 5.91 Å². The molecule has 1 aromatic rings. The van der Waals surface area contributed by atoms with Crippen LogP contribution < -0.4 is 10.1 Å². The molecule has 0 aliphatic heterocycles. The van der Waals surface area contributed by atoms with Crippen molar-refractivity contribution in [3.8, 4) is 5.75 Å². The number of alkyl halides is 3. The van der Waals surface area contributed by atoms with Crippen molar-refractivity contribution in [2.75, 3.05) is 13.2 Å². The SMILES string of the molecule is CC(C)C(O)CNC(=O)Cc1cccc(OCC(F)(F)F)c1. The van der Waals surface area contributed by atoms with E-state index in [-0.39, 0.29) is 30.5 Å². The Morgan fingerprint density at radius 3 is 2.64 bits per heavy atom. The summed E-state index contributed by atoms with van der Waals surface area (Å²) in [5.74, 6) is -0.225. The second kappa shape index (κ2) is 8.03. The van der Waals surface area contributed by atoms with E-state index in [4.69, 9.17) is 0 Å². The molecule has 0 aliphatic rings. The molecule has 0 bridgehead atoms. The van der Waals surface area contributed by atoms with Crippen molar-refractivity contribution in [1.29, 1.82) is 0 Å². The fourth-order valence-corrected chi connectivity index (χ4v) is 1.61. The highest BCUT2D eigenvalue weighted by atomic mass is 19.4. The number of ether oxygens (including phenoxy) is 1. The predicted octanol–water partition coefficient (Wildman–Crippen LogP) is 2.30. The van der Waals surface area contributed by atoms with Crippen LogP contribution in [0.4, 0.5) is 13.2 Å². The zero-order chi connectivity index (χ0) is 16.8. The first kappa shape index (κ1) is 18.3. The van der Waals surface area contributed by atoms with Gasteiger partial charge < -0.3 is 15.2 Å². The van der Waals surface area contributed by atoms with Crippen LogP contribution in [0.1, 0.15) is 19.4 Å². The summed E-state index contributed by atoms with van der Waals surface area (Å²) in [6.07, 6.45) is -5.03. The van der Waals surface area contributed by atoms with Crippen LogP contribution in [0.2, 0.25) is 0 Å². The van der Waals surface area contributed by atoms with Gasteiger partial charge in [-0.05, 0) is 23.6 Å². The third-order valence-corrected chi connectivity index (χ3v) is 2.94. The van der Waals surface area contributed by atoms with Gasteiger partial charge in [0.25, 0.3) is 0 Å². The lowest BCUT2D eigenvalue weighted by Gasteiger charge is -2.15. The van der Waals surface area contributed by atoms with Gasteiger partial charge in [-0.1, -0.05) is 26.0 Å². The van der Waals surface area contributed by atoms with Crippen molar-refractivity contribution >= 4 is 5.91 Å². The summed E-state index contributed by atoms with van der Waals surface area (Å²) in [6.45, 7) is 2.43. The Morgan fingerprint density at radius 1 is 1.36 bits per heavy atom. The molecule has 0 aromatic heterocycles. The summed E-state index contributed by atoms with van der Waals surface area (Å²) in [7, 11) is 0. The molecular weight excluding hydrogens is 299 g/mol. The highest BCUT2D eigenvalue weighted by molar-refractivity contribution is 5.78. The molecule has 1 amide bonds. The van der Waals surface area contributed by atoms with Gasteiger partial charge in [-0.3, -0.25) is 4.79 Å². The van der Waals surface area contributed by atoms with E-state index in [0.717, 1.165) is 0 Å². The van der Waals surface area contributed by atoms with E-state index in [9.17, 15) is 23.1 Å². The molecule has 0 saturated carbocycles. The molecular formula is C15H20F3NO3. The van der Waals surface area contributed by atoms with Crippen LogP contribution in [0.25, 0.3) is 0 Å². The van der Waals surface area contributed by atoms with Crippen molar-refractivity contribution in [3.63, 3.8) is 0 Å². The van der Waals surface area contributed by atoms with Gasteiger partial charge in [0.05, 0.1) is 12.5 Å². The first-order chi connectivity index (χ1) is 10.2. The highest BCUT2D eigenvalue weighted by Crippen LogP contribution is 2.19. The molecule has 0 radical (unpaired) electrons. The number of rotatable bonds is 7. The second-order valence-corrected chi connectivity index (χ2v) is 5.34. The lowest BCUT2D eigenvalue weighted by atomic mass is 10.1. The smallest absolute Gasteiger partial charge is 0.422 e. The summed E-state index contributed by atoms with van der Waals surface area (Å²) >= 11 is 0. The molecule has 0 spiro atoms. The quantitative estimate of drug-likeness (QED) is 0.811. The van der Waals surface area contributed by atoms with Crippen LogP contribution in [0, 0.1) is 5.92 Å². The average molecular weight is 319 g/mol. The third kappa shape index (κ3) is 7.31. The second-order valence-electron chi connectivity index (χ2n) is 5.34. The highest BCUT2D eigenvalue weighted by Gasteiger charge is 2.28. The average Bonchev–Trinajstić information content (AvgIpc) is 2.42. The molecule has 0 saturated heterocycles. The summed E-state index contributed by atoms with van der Waals surface area (Å²) in [4.78, 5) is 11.7. The third-order valence-electron chi connectivity index (χ3n) is 2.94. The Balaban J connectivity index is 2.50. The van der Waals surface area contributed by atoms with E-state index in [1.807, 2.05) is 13.8 Å². The summed E-state index contributed by atoms with van der Waals surface area (Å²) < 4.78 is 40.9. The lowest BCUT2D eigenvalue weighted by Crippen LogP contribution is -2.35. The van der Waals surface area contributed by atoms with Gasteiger partial charge in [-0.15, -0.1) is 0 Å². The van der Waals surface area contributed by atoms with Crippen molar-refractivity contribution in [3.05, 3.63) is 29.8 Å². The number of carbonyl (C=O) groups excluding carboxylic acids is 1. The molecule has 124 valence electrons. The molecule has 0 fully saturated rings. The Bertz CT molecular complexity index is 489. The zero-order valence-corrected chi connectivity index (χ0v) is 12.5. The van der Waals surface area contributed by atoms with E-state index >= 15 is 0 Å². The Hall–Kier alpha value is -1.76. The van der Waals surface area contributed by atoms with Gasteiger partial charge in [-0.25, -0.2) is 0 Å². The van der Waals surface area contributed by atoms with Gasteiger partial charge in [0.15, 0.2) is 6.61 Å². The number of aliphatic hydroxyl groups excluding tert-OH is 1. The number of aliphatic hydroxyl groups is 1. The fourth-order valence-electron chi connectivity index (χ4n) is 1.61. The summed E-state index contributed by atoms with van der Waals surface area (Å²) in [6, 6.07) is 5.94. The first-order valence-corrected chi connectivity index (χ1v) is 6.90. The molecule has 7 heteroatoms. The largest absolute Gasteiger partial charge is 0.484 e. The van der Waals surface area contributed by atoms with Gasteiger partial charge in [-0.2, -0.15) is 13.2 Å². The Morgan fingerprint density at radius 2 is 2.05 bits per heavy atom. The van der Waals surface area contributed by atoms with E-state index in [1.54, 1.807) is 6.07 Å². The van der Waals surface area contributed by atoms with E-state index in [1.165, 1.54) is 18.2 Å². The maximum Gasteiger partial charge on any atom is 0.422 e. The van der Waals surface area contributed by atoms with Crippen LogP contribution in [0.3, 0.4) is 0 Å². The normalized spacial score (nSPS) is 13.0. The molecule has 1 rings (SSSR count). The maximum absolute atomic E-state index is 12.1. The van der Waals surface area contributed by atoms with Crippen LogP contribution in [-0.2, 0) is 11.2 Å². The minimum atomic E-state index is -4.40. The standard InChI is InChI=1S/C15H20F3NO3/c1-10(2)13(20)8-19-14(21)7-11-4-3-5-12(6-11)22-9-15(16,17)18/h3-6,10,13,20H,7-9H2,1-2H3,(H,19,21). The predicted molar refractivity (Wildman–Crippen MR) is 75.6 cm³/mol. The Kier molecular flexibility index (Phi) is 6.67. The number of hydrogen-bond donors (Lipinski definition) is 2. The topological polar surface area (TPSA) is 58.6 Å². The molecule has 4 nitrogen and oxygen atoms in total. The van der Waals surface area contributed by atoms with Crippen molar-refractivity contribution < 1.29 is 27.8 Å². The summed E-state index contributed by atoms with van der Waals surface area (Å²) in [5.41, 5.74) is 0.538. The monoisotopic (exact) mass is 319 g/mol. The van der Waals surface area contributed by atoms with Gasteiger partial charge >= 0.3 is 6.18 Å². The first-order valence-electron chi connectivity index (χ1n) is 6.90.